The van der Waals surface area contributed by atoms with Crippen LogP contribution in [-0.2, 0) is 14.3 Å². The summed E-state index contributed by atoms with van der Waals surface area (Å²) in [6.07, 6.45) is 0.309. The molecule has 0 N–H and O–H groups in total. The lowest BCUT2D eigenvalue weighted by molar-refractivity contribution is -0.152. The van der Waals surface area contributed by atoms with Crippen molar-refractivity contribution >= 4 is 11.9 Å². The smallest absolute Gasteiger partial charge is 0.318 e. The highest BCUT2D eigenvalue weighted by molar-refractivity contribution is 5.85. The number of rotatable bonds is 9. The number of nitriles is 2. The Bertz CT molecular complexity index is 797. The highest BCUT2D eigenvalue weighted by atomic mass is 16.5. The van der Waals surface area contributed by atoms with E-state index >= 15 is 0 Å². The molecule has 0 aromatic heterocycles. The van der Waals surface area contributed by atoms with Gasteiger partial charge in [0.2, 0.25) is 0 Å². The van der Waals surface area contributed by atoms with Crippen LogP contribution in [0.1, 0.15) is 29.9 Å². The Morgan fingerprint density at radius 1 is 0.857 bits per heavy atom. The maximum Gasteiger partial charge on any atom is 0.318 e. The van der Waals surface area contributed by atoms with E-state index in [2.05, 4.69) is 0 Å². The van der Waals surface area contributed by atoms with Crippen molar-refractivity contribution in [3.05, 3.63) is 71.8 Å². The van der Waals surface area contributed by atoms with E-state index in [0.717, 1.165) is 11.1 Å². The van der Waals surface area contributed by atoms with E-state index in [4.69, 9.17) is 15.3 Å². The summed E-state index contributed by atoms with van der Waals surface area (Å²) in [5, 5.41) is 17.5. The summed E-state index contributed by atoms with van der Waals surface area (Å²) in [4.78, 5) is 26.6. The van der Waals surface area contributed by atoms with Crippen molar-refractivity contribution in [2.24, 2.45) is 0 Å². The van der Waals surface area contributed by atoms with Crippen LogP contribution in [0.3, 0.4) is 0 Å². The maximum atomic E-state index is 12.8. The van der Waals surface area contributed by atoms with E-state index in [1.807, 2.05) is 72.8 Å². The molecule has 0 unspecified atom stereocenters. The van der Waals surface area contributed by atoms with Gasteiger partial charge < -0.3 is 9.64 Å². The summed E-state index contributed by atoms with van der Waals surface area (Å²) in [7, 11) is 0. The number of benzene rings is 2. The minimum atomic E-state index is -0.637. The summed E-state index contributed by atoms with van der Waals surface area (Å²) < 4.78 is 5.32. The molecule has 0 heterocycles. The number of hydrogen-bond donors (Lipinski definition) is 0. The van der Waals surface area contributed by atoms with Gasteiger partial charge in [-0.3, -0.25) is 9.59 Å². The number of ether oxygens (including phenoxy) is 1. The van der Waals surface area contributed by atoms with Crippen molar-refractivity contribution < 1.29 is 14.3 Å². The number of nitrogens with zero attached hydrogens (tertiary/aromatic N) is 3. The molecule has 142 valence electrons. The molecule has 0 aliphatic rings. The van der Waals surface area contributed by atoms with Crippen molar-refractivity contribution in [1.82, 2.24) is 4.90 Å². The fraction of sp³-hybridized carbons (Fsp3) is 0.273. The Morgan fingerprint density at radius 3 is 1.75 bits per heavy atom. The number of carbonyl (C=O) groups is 2. The van der Waals surface area contributed by atoms with Crippen molar-refractivity contribution in [3.63, 3.8) is 0 Å². The molecule has 28 heavy (non-hydrogen) atoms. The molecule has 0 aliphatic carbocycles. The van der Waals surface area contributed by atoms with Crippen LogP contribution in [-0.4, -0.2) is 36.5 Å². The fourth-order valence-electron chi connectivity index (χ4n) is 2.79. The summed E-state index contributed by atoms with van der Waals surface area (Å²) in [6.45, 7) is -0.0173. The fourth-order valence-corrected chi connectivity index (χ4v) is 2.79. The van der Waals surface area contributed by atoms with Crippen molar-refractivity contribution in [3.8, 4) is 12.1 Å². The van der Waals surface area contributed by atoms with Crippen molar-refractivity contribution in [2.75, 3.05) is 19.7 Å². The van der Waals surface area contributed by atoms with E-state index < -0.39 is 24.4 Å². The zero-order chi connectivity index (χ0) is 20.2. The molecule has 0 atom stereocenters. The van der Waals surface area contributed by atoms with E-state index in [1.165, 1.54) is 4.90 Å². The standard InChI is InChI=1S/C22H21N3O3/c23-13-7-15-25(16-8-14-24)20(26)17-28-22(27)21(18-9-3-1-4-10-18)19-11-5-2-6-12-19/h1-6,9-12,21H,7-8,15-17H2. The Hall–Kier alpha value is -3.64. The van der Waals surface area contributed by atoms with Gasteiger partial charge in [0.15, 0.2) is 6.61 Å². The van der Waals surface area contributed by atoms with E-state index in [1.54, 1.807) is 0 Å². The average molecular weight is 375 g/mol. The zero-order valence-corrected chi connectivity index (χ0v) is 15.5. The molecule has 0 aliphatic heterocycles. The molecule has 2 rings (SSSR count). The van der Waals surface area contributed by atoms with Gasteiger partial charge in [-0.05, 0) is 11.1 Å². The third-order valence-electron chi connectivity index (χ3n) is 4.18. The van der Waals surface area contributed by atoms with Gasteiger partial charge in [-0.2, -0.15) is 10.5 Å². The van der Waals surface area contributed by atoms with Gasteiger partial charge in [0, 0.05) is 13.1 Å². The molecule has 0 saturated heterocycles. The first-order valence-electron chi connectivity index (χ1n) is 8.95. The first-order valence-corrected chi connectivity index (χ1v) is 8.95. The first kappa shape index (κ1) is 20.7. The molecule has 6 nitrogen and oxygen atoms in total. The number of esters is 1. The molecular weight excluding hydrogens is 354 g/mol. The molecule has 0 spiro atoms. The molecule has 0 radical (unpaired) electrons. The highest BCUT2D eigenvalue weighted by Gasteiger charge is 2.25. The average Bonchev–Trinajstić information content (AvgIpc) is 2.74. The van der Waals surface area contributed by atoms with Crippen LogP contribution in [0, 0.1) is 22.7 Å². The topological polar surface area (TPSA) is 94.2 Å². The number of hydrogen-bond acceptors (Lipinski definition) is 5. The van der Waals surface area contributed by atoms with Crippen LogP contribution in [0.25, 0.3) is 0 Å². The predicted octanol–water partition coefficient (Wildman–Crippen LogP) is 3.02. The molecule has 2 aromatic carbocycles. The van der Waals surface area contributed by atoms with Crippen LogP contribution < -0.4 is 0 Å². The Balaban J connectivity index is 2.10. The van der Waals surface area contributed by atoms with Crippen LogP contribution in [0.5, 0.6) is 0 Å². The second-order valence-corrected chi connectivity index (χ2v) is 6.06. The summed E-state index contributed by atoms with van der Waals surface area (Å²) in [5.74, 6) is -1.58. The quantitative estimate of drug-likeness (QED) is 0.628. The predicted molar refractivity (Wildman–Crippen MR) is 103 cm³/mol. The summed E-state index contributed by atoms with van der Waals surface area (Å²) in [5.41, 5.74) is 1.55. The van der Waals surface area contributed by atoms with Gasteiger partial charge in [0.25, 0.3) is 5.91 Å². The van der Waals surface area contributed by atoms with Gasteiger partial charge in [0.05, 0.1) is 25.0 Å². The monoisotopic (exact) mass is 375 g/mol. The highest BCUT2D eigenvalue weighted by Crippen LogP contribution is 2.25. The van der Waals surface area contributed by atoms with Crippen LogP contribution in [0.2, 0.25) is 0 Å². The third kappa shape index (κ3) is 5.96. The van der Waals surface area contributed by atoms with Gasteiger partial charge in [-0.15, -0.1) is 0 Å². The van der Waals surface area contributed by atoms with Gasteiger partial charge in [-0.1, -0.05) is 60.7 Å². The number of carbonyl (C=O) groups excluding carboxylic acids is 2. The summed E-state index contributed by atoms with van der Waals surface area (Å²) in [6, 6.07) is 22.4. The second kappa shape index (κ2) is 11.2. The molecule has 1 amide bonds. The molecule has 6 heteroatoms. The lowest BCUT2D eigenvalue weighted by atomic mass is 9.91. The lowest BCUT2D eigenvalue weighted by Gasteiger charge is -2.21. The van der Waals surface area contributed by atoms with Crippen molar-refractivity contribution in [1.29, 1.82) is 10.5 Å². The zero-order valence-electron chi connectivity index (χ0n) is 15.5. The summed E-state index contributed by atoms with van der Waals surface area (Å²) >= 11 is 0. The van der Waals surface area contributed by atoms with Crippen LogP contribution in [0.15, 0.2) is 60.7 Å². The Kier molecular flexibility index (Phi) is 8.23. The normalized spacial score (nSPS) is 9.96. The van der Waals surface area contributed by atoms with E-state index in [9.17, 15) is 9.59 Å². The molecule has 2 aromatic rings. The molecule has 0 saturated carbocycles. The second-order valence-electron chi connectivity index (χ2n) is 6.06. The number of amides is 1. The van der Waals surface area contributed by atoms with Gasteiger partial charge in [0.1, 0.15) is 5.92 Å². The van der Waals surface area contributed by atoms with Crippen molar-refractivity contribution in [2.45, 2.75) is 18.8 Å². The minimum Gasteiger partial charge on any atom is -0.455 e. The Morgan fingerprint density at radius 2 is 1.32 bits per heavy atom. The third-order valence-corrected chi connectivity index (χ3v) is 4.18. The lowest BCUT2D eigenvalue weighted by Crippen LogP contribution is -2.36. The van der Waals surface area contributed by atoms with E-state index in [0.29, 0.717) is 0 Å². The SMILES string of the molecule is N#CCCN(CCC#N)C(=O)COC(=O)C(c1ccccc1)c1ccccc1. The largest absolute Gasteiger partial charge is 0.455 e. The van der Waals surface area contributed by atoms with Gasteiger partial charge >= 0.3 is 5.97 Å². The maximum absolute atomic E-state index is 12.8. The van der Waals surface area contributed by atoms with E-state index in [-0.39, 0.29) is 25.9 Å². The molecule has 0 bridgehead atoms. The van der Waals surface area contributed by atoms with Crippen LogP contribution in [0.4, 0.5) is 0 Å². The Labute approximate surface area is 164 Å². The minimum absolute atomic E-state index is 0.155. The molecular formula is C22H21N3O3. The van der Waals surface area contributed by atoms with Crippen LogP contribution >= 0.6 is 0 Å². The molecule has 0 fully saturated rings. The first-order chi connectivity index (χ1) is 13.7. The van der Waals surface area contributed by atoms with Gasteiger partial charge in [-0.25, -0.2) is 0 Å².